The van der Waals surface area contributed by atoms with Gasteiger partial charge in [0.05, 0.1) is 22.9 Å². The number of nitro benzene ring substituents is 1. The molecule has 104 valence electrons. The first-order valence-electron chi connectivity index (χ1n) is 5.73. The van der Waals surface area contributed by atoms with E-state index in [1.165, 1.54) is 36.1 Å². The molecule has 0 amide bonds. The van der Waals surface area contributed by atoms with E-state index in [0.29, 0.717) is 5.52 Å². The Morgan fingerprint density at radius 3 is 2.70 bits per heavy atom. The van der Waals surface area contributed by atoms with Crippen LogP contribution in [0.15, 0.2) is 29.1 Å². The van der Waals surface area contributed by atoms with Crippen LogP contribution in [0.1, 0.15) is 6.92 Å². The summed E-state index contributed by atoms with van der Waals surface area (Å²) in [6.07, 6.45) is 3.14. The Morgan fingerprint density at radius 1 is 1.45 bits per heavy atom. The minimum Gasteiger partial charge on any atom is -0.504 e. The molecule has 1 N–H and O–H groups in total. The van der Waals surface area contributed by atoms with Gasteiger partial charge < -0.3 is 9.84 Å². The SMILES string of the molecule is CC=Cn1c(=O)c(OC)c(O)c2cc([N+](=O)[O-])ccc21. The van der Waals surface area contributed by atoms with Crippen LogP contribution in [0.3, 0.4) is 0 Å². The van der Waals surface area contributed by atoms with Crippen molar-refractivity contribution in [1.82, 2.24) is 4.57 Å². The first kappa shape index (κ1) is 13.6. The molecule has 20 heavy (non-hydrogen) atoms. The fourth-order valence-electron chi connectivity index (χ4n) is 1.96. The Kier molecular flexibility index (Phi) is 3.43. The molecule has 1 heterocycles. The Bertz CT molecular complexity index is 776. The van der Waals surface area contributed by atoms with Gasteiger partial charge in [-0.15, -0.1) is 0 Å². The van der Waals surface area contributed by atoms with Crippen molar-refractivity contribution in [2.45, 2.75) is 6.92 Å². The van der Waals surface area contributed by atoms with Crippen LogP contribution < -0.4 is 10.3 Å². The number of fused-ring (bicyclic) bond motifs is 1. The number of nitrogens with zero attached hydrogens (tertiary/aromatic N) is 2. The zero-order valence-corrected chi connectivity index (χ0v) is 10.9. The van der Waals surface area contributed by atoms with Crippen LogP contribution in [0, 0.1) is 10.1 Å². The minimum atomic E-state index is -0.573. The molecule has 0 saturated heterocycles. The third-order valence-electron chi connectivity index (χ3n) is 2.84. The van der Waals surface area contributed by atoms with Gasteiger partial charge in [-0.1, -0.05) is 6.08 Å². The Morgan fingerprint density at radius 2 is 2.15 bits per heavy atom. The predicted octanol–water partition coefficient (Wildman–Crippen LogP) is 2.11. The van der Waals surface area contributed by atoms with E-state index in [1.54, 1.807) is 13.0 Å². The van der Waals surface area contributed by atoms with Crippen LogP contribution in [0.2, 0.25) is 0 Å². The number of rotatable bonds is 3. The van der Waals surface area contributed by atoms with Crippen molar-refractivity contribution >= 4 is 22.8 Å². The summed E-state index contributed by atoms with van der Waals surface area (Å²) in [5.74, 6) is -0.659. The Hall–Kier alpha value is -2.83. The predicted molar refractivity (Wildman–Crippen MR) is 74.1 cm³/mol. The zero-order valence-electron chi connectivity index (χ0n) is 10.9. The normalized spacial score (nSPS) is 11.1. The van der Waals surface area contributed by atoms with Crippen molar-refractivity contribution in [2.24, 2.45) is 0 Å². The quantitative estimate of drug-likeness (QED) is 0.684. The van der Waals surface area contributed by atoms with Crippen molar-refractivity contribution in [1.29, 1.82) is 0 Å². The number of hydrogen-bond acceptors (Lipinski definition) is 5. The summed E-state index contributed by atoms with van der Waals surface area (Å²) in [4.78, 5) is 22.4. The summed E-state index contributed by atoms with van der Waals surface area (Å²) in [5, 5.41) is 21.0. The highest BCUT2D eigenvalue weighted by Gasteiger charge is 2.18. The second kappa shape index (κ2) is 5.04. The number of hydrogen-bond donors (Lipinski definition) is 1. The molecule has 0 spiro atoms. The average molecular weight is 276 g/mol. The van der Waals surface area contributed by atoms with Gasteiger partial charge in [0, 0.05) is 18.3 Å². The lowest BCUT2D eigenvalue weighted by Gasteiger charge is -2.11. The van der Waals surface area contributed by atoms with Crippen LogP contribution in [-0.2, 0) is 0 Å². The second-order valence-electron chi connectivity index (χ2n) is 4.00. The third kappa shape index (κ3) is 1.99. The van der Waals surface area contributed by atoms with E-state index in [-0.39, 0.29) is 16.8 Å². The van der Waals surface area contributed by atoms with E-state index in [0.717, 1.165) is 0 Å². The summed E-state index contributed by atoms with van der Waals surface area (Å²) in [7, 11) is 1.25. The number of aromatic nitrogens is 1. The lowest BCUT2D eigenvalue weighted by Crippen LogP contribution is -2.18. The number of pyridine rings is 1. The zero-order chi connectivity index (χ0) is 14.9. The fourth-order valence-corrected chi connectivity index (χ4v) is 1.96. The van der Waals surface area contributed by atoms with Crippen molar-refractivity contribution < 1.29 is 14.8 Å². The first-order valence-corrected chi connectivity index (χ1v) is 5.73. The molecule has 0 aliphatic heterocycles. The van der Waals surface area contributed by atoms with E-state index < -0.39 is 16.2 Å². The monoisotopic (exact) mass is 276 g/mol. The molecule has 7 heteroatoms. The van der Waals surface area contributed by atoms with Crippen molar-refractivity contribution in [3.05, 3.63) is 44.7 Å². The van der Waals surface area contributed by atoms with Crippen molar-refractivity contribution in [3.63, 3.8) is 0 Å². The van der Waals surface area contributed by atoms with E-state index >= 15 is 0 Å². The van der Waals surface area contributed by atoms with Gasteiger partial charge in [0.2, 0.25) is 5.75 Å². The number of nitro groups is 1. The van der Waals surface area contributed by atoms with Crippen LogP contribution in [-0.4, -0.2) is 21.7 Å². The van der Waals surface area contributed by atoms with E-state index in [4.69, 9.17) is 4.74 Å². The van der Waals surface area contributed by atoms with Crippen LogP contribution >= 0.6 is 0 Å². The average Bonchev–Trinajstić information content (AvgIpc) is 2.43. The molecule has 0 unspecified atom stereocenters. The van der Waals surface area contributed by atoms with Gasteiger partial charge in [0.1, 0.15) is 0 Å². The molecule has 0 atom stereocenters. The molecule has 0 bridgehead atoms. The van der Waals surface area contributed by atoms with Gasteiger partial charge in [0.25, 0.3) is 5.69 Å². The summed E-state index contributed by atoms with van der Waals surface area (Å²) in [6, 6.07) is 3.88. The van der Waals surface area contributed by atoms with Crippen molar-refractivity contribution in [3.8, 4) is 11.5 Å². The smallest absolute Gasteiger partial charge is 0.301 e. The molecule has 1 aromatic heterocycles. The highest BCUT2D eigenvalue weighted by molar-refractivity contribution is 5.90. The Labute approximate surface area is 113 Å². The lowest BCUT2D eigenvalue weighted by molar-refractivity contribution is -0.384. The van der Waals surface area contributed by atoms with Gasteiger partial charge in [0.15, 0.2) is 5.75 Å². The molecular weight excluding hydrogens is 264 g/mol. The molecule has 0 aliphatic rings. The fraction of sp³-hybridized carbons (Fsp3) is 0.154. The number of aromatic hydroxyl groups is 1. The van der Waals surface area contributed by atoms with Crippen LogP contribution in [0.5, 0.6) is 11.5 Å². The van der Waals surface area contributed by atoms with E-state index in [2.05, 4.69) is 0 Å². The first-order chi connectivity index (χ1) is 9.51. The topological polar surface area (TPSA) is 94.6 Å². The maximum absolute atomic E-state index is 12.1. The second-order valence-corrected chi connectivity index (χ2v) is 4.00. The van der Waals surface area contributed by atoms with Crippen LogP contribution in [0.4, 0.5) is 5.69 Å². The highest BCUT2D eigenvalue weighted by atomic mass is 16.6. The highest BCUT2D eigenvalue weighted by Crippen LogP contribution is 2.33. The summed E-state index contributed by atoms with van der Waals surface area (Å²) in [6.45, 7) is 1.73. The van der Waals surface area contributed by atoms with Crippen molar-refractivity contribution in [2.75, 3.05) is 7.11 Å². The molecule has 0 radical (unpaired) electrons. The molecule has 7 nitrogen and oxygen atoms in total. The third-order valence-corrected chi connectivity index (χ3v) is 2.84. The Balaban J connectivity index is 2.98. The summed E-state index contributed by atoms with van der Waals surface area (Å²) in [5.41, 5.74) is -0.359. The molecule has 2 rings (SSSR count). The molecule has 2 aromatic rings. The van der Waals surface area contributed by atoms with Gasteiger partial charge in [-0.2, -0.15) is 0 Å². The van der Waals surface area contributed by atoms with Gasteiger partial charge in [-0.25, -0.2) is 0 Å². The van der Waals surface area contributed by atoms with Crippen LogP contribution in [0.25, 0.3) is 17.1 Å². The number of non-ortho nitro benzene ring substituents is 1. The summed E-state index contributed by atoms with van der Waals surface area (Å²) < 4.78 is 6.15. The molecule has 1 aromatic carbocycles. The maximum atomic E-state index is 12.1. The number of benzene rings is 1. The van der Waals surface area contributed by atoms with Gasteiger partial charge in [-0.05, 0) is 13.0 Å². The number of allylic oxidation sites excluding steroid dienone is 1. The maximum Gasteiger partial charge on any atom is 0.301 e. The van der Waals surface area contributed by atoms with Gasteiger partial charge in [-0.3, -0.25) is 19.5 Å². The molecule has 0 saturated carbocycles. The summed E-state index contributed by atoms with van der Waals surface area (Å²) >= 11 is 0. The number of ether oxygens (including phenoxy) is 1. The lowest BCUT2D eigenvalue weighted by atomic mass is 10.1. The minimum absolute atomic E-state index is 0.175. The molecular formula is C13H12N2O5. The molecule has 0 aliphatic carbocycles. The standard InChI is InChI=1S/C13H12N2O5/c1-3-6-14-10-5-4-8(15(18)19)7-9(10)11(16)12(20-2)13(14)17/h3-7,16H,1-2H3. The van der Waals surface area contributed by atoms with E-state index in [9.17, 15) is 20.0 Å². The van der Waals surface area contributed by atoms with Gasteiger partial charge >= 0.3 is 5.56 Å². The number of methoxy groups -OCH3 is 1. The largest absolute Gasteiger partial charge is 0.504 e. The molecule has 0 fully saturated rings. The van der Waals surface area contributed by atoms with E-state index in [1.807, 2.05) is 0 Å².